The normalized spacial score (nSPS) is 10.6. The van der Waals surface area contributed by atoms with Gasteiger partial charge < -0.3 is 0 Å². The number of benzene rings is 2. The second-order valence-electron chi connectivity index (χ2n) is 4.56. The summed E-state index contributed by atoms with van der Waals surface area (Å²) in [7, 11) is 0. The minimum atomic E-state index is -0.267. The van der Waals surface area contributed by atoms with Crippen LogP contribution in [0, 0.1) is 15.2 Å². The second kappa shape index (κ2) is 5.89. The average molecular weight is 393 g/mol. The molecule has 2 aromatic carbocycles. The van der Waals surface area contributed by atoms with Gasteiger partial charge in [0.25, 0.3) is 0 Å². The Bertz CT molecular complexity index is 768. The van der Waals surface area contributed by atoms with Crippen LogP contribution in [0.1, 0.15) is 0 Å². The molecule has 0 spiro atoms. The number of hydrogen-bond acceptors (Lipinski definition) is 1. The molecule has 4 heteroatoms. The Morgan fingerprint density at radius 1 is 0.762 bits per heavy atom. The summed E-state index contributed by atoms with van der Waals surface area (Å²) in [5.41, 5.74) is 3.51. The zero-order valence-electron chi connectivity index (χ0n) is 10.9. The second-order valence-corrected chi connectivity index (χ2v) is 5.73. The Morgan fingerprint density at radius 3 is 1.81 bits per heavy atom. The molecular formula is C17H10F2IN. The molecule has 0 aliphatic carbocycles. The molecule has 3 rings (SSSR count). The van der Waals surface area contributed by atoms with Crippen molar-refractivity contribution in [1.82, 2.24) is 4.98 Å². The summed E-state index contributed by atoms with van der Waals surface area (Å²) in [5.74, 6) is -0.527. The third kappa shape index (κ3) is 3.10. The molecule has 0 aliphatic heterocycles. The number of nitrogens with zero attached hydrogens (tertiary/aromatic N) is 1. The molecule has 0 unspecified atom stereocenters. The lowest BCUT2D eigenvalue weighted by molar-refractivity contribution is 0.627. The van der Waals surface area contributed by atoms with Crippen LogP contribution >= 0.6 is 22.6 Å². The SMILES string of the molecule is Fc1ccc(-c2cc(I)c(-c3ccc(F)cc3)cn2)cc1. The van der Waals surface area contributed by atoms with E-state index in [1.807, 2.05) is 6.07 Å². The molecule has 0 atom stereocenters. The number of halogens is 3. The summed E-state index contributed by atoms with van der Waals surface area (Å²) in [5, 5.41) is 0. The molecule has 3 aromatic rings. The Morgan fingerprint density at radius 2 is 1.29 bits per heavy atom. The predicted octanol–water partition coefficient (Wildman–Crippen LogP) is 5.30. The lowest BCUT2D eigenvalue weighted by Gasteiger charge is -2.07. The van der Waals surface area contributed by atoms with Crippen LogP contribution in [0.5, 0.6) is 0 Å². The Labute approximate surface area is 134 Å². The maximum absolute atomic E-state index is 13.0. The van der Waals surface area contributed by atoms with Gasteiger partial charge >= 0.3 is 0 Å². The highest BCUT2D eigenvalue weighted by atomic mass is 127. The van der Waals surface area contributed by atoms with E-state index in [0.717, 1.165) is 26.0 Å². The van der Waals surface area contributed by atoms with Gasteiger partial charge in [-0.25, -0.2) is 8.78 Å². The van der Waals surface area contributed by atoms with Crippen LogP contribution in [-0.2, 0) is 0 Å². The van der Waals surface area contributed by atoms with E-state index >= 15 is 0 Å². The summed E-state index contributed by atoms with van der Waals surface area (Å²) in [4.78, 5) is 4.42. The Balaban J connectivity index is 1.99. The van der Waals surface area contributed by atoms with E-state index in [9.17, 15) is 8.78 Å². The van der Waals surface area contributed by atoms with E-state index in [2.05, 4.69) is 27.6 Å². The van der Waals surface area contributed by atoms with Gasteiger partial charge in [0, 0.05) is 20.9 Å². The molecule has 0 saturated carbocycles. The van der Waals surface area contributed by atoms with Crippen molar-refractivity contribution in [2.24, 2.45) is 0 Å². The monoisotopic (exact) mass is 393 g/mol. The van der Waals surface area contributed by atoms with Crippen LogP contribution in [0.25, 0.3) is 22.4 Å². The average Bonchev–Trinajstić information content (AvgIpc) is 2.49. The van der Waals surface area contributed by atoms with E-state index in [0.29, 0.717) is 0 Å². The number of aromatic nitrogens is 1. The molecular weight excluding hydrogens is 383 g/mol. The van der Waals surface area contributed by atoms with Gasteiger partial charge in [-0.3, -0.25) is 4.98 Å². The van der Waals surface area contributed by atoms with Crippen LogP contribution in [0.2, 0.25) is 0 Å². The smallest absolute Gasteiger partial charge is 0.123 e. The van der Waals surface area contributed by atoms with Crippen LogP contribution < -0.4 is 0 Å². The van der Waals surface area contributed by atoms with E-state index in [1.54, 1.807) is 30.5 Å². The topological polar surface area (TPSA) is 12.9 Å². The molecule has 0 aliphatic rings. The molecule has 1 heterocycles. The van der Waals surface area contributed by atoms with Crippen molar-refractivity contribution in [2.75, 3.05) is 0 Å². The largest absolute Gasteiger partial charge is 0.256 e. The molecule has 1 aromatic heterocycles. The zero-order chi connectivity index (χ0) is 14.8. The van der Waals surface area contributed by atoms with Crippen molar-refractivity contribution in [2.45, 2.75) is 0 Å². The van der Waals surface area contributed by atoms with E-state index < -0.39 is 0 Å². The Kier molecular flexibility index (Phi) is 3.96. The molecule has 0 bridgehead atoms. The van der Waals surface area contributed by atoms with Crippen LogP contribution in [0.4, 0.5) is 8.78 Å². The Hall–Kier alpha value is -1.82. The predicted molar refractivity (Wildman–Crippen MR) is 87.7 cm³/mol. The molecule has 0 saturated heterocycles. The number of pyridine rings is 1. The van der Waals surface area contributed by atoms with Gasteiger partial charge in [0.1, 0.15) is 11.6 Å². The quantitative estimate of drug-likeness (QED) is 0.539. The van der Waals surface area contributed by atoms with E-state index in [-0.39, 0.29) is 11.6 Å². The molecule has 0 amide bonds. The van der Waals surface area contributed by atoms with E-state index in [1.165, 1.54) is 24.3 Å². The molecule has 0 fully saturated rings. The standard InChI is InChI=1S/C17H10F2IN/c18-13-5-1-11(2-6-13)15-10-21-17(9-16(15)20)12-3-7-14(19)8-4-12/h1-10H. The maximum Gasteiger partial charge on any atom is 0.123 e. The van der Waals surface area contributed by atoms with Gasteiger partial charge in [0.05, 0.1) is 5.69 Å². The van der Waals surface area contributed by atoms with Crippen molar-refractivity contribution in [3.8, 4) is 22.4 Å². The lowest BCUT2D eigenvalue weighted by Crippen LogP contribution is -1.90. The summed E-state index contributed by atoms with van der Waals surface area (Å²) in [6.45, 7) is 0. The fraction of sp³-hybridized carbons (Fsp3) is 0. The third-order valence-electron chi connectivity index (χ3n) is 3.15. The van der Waals surface area contributed by atoms with Crippen molar-refractivity contribution in [3.63, 3.8) is 0 Å². The number of hydrogen-bond donors (Lipinski definition) is 0. The first-order valence-electron chi connectivity index (χ1n) is 6.31. The van der Waals surface area contributed by atoms with Crippen molar-refractivity contribution >= 4 is 22.6 Å². The van der Waals surface area contributed by atoms with Crippen molar-refractivity contribution in [3.05, 3.63) is 76.0 Å². The summed E-state index contributed by atoms with van der Waals surface area (Å²) < 4.78 is 26.9. The fourth-order valence-electron chi connectivity index (χ4n) is 2.05. The van der Waals surface area contributed by atoms with Crippen LogP contribution in [0.3, 0.4) is 0 Å². The van der Waals surface area contributed by atoms with Crippen LogP contribution in [-0.4, -0.2) is 4.98 Å². The molecule has 0 radical (unpaired) electrons. The van der Waals surface area contributed by atoms with Gasteiger partial charge in [-0.05, 0) is 70.6 Å². The fourth-order valence-corrected chi connectivity index (χ4v) is 2.80. The van der Waals surface area contributed by atoms with Gasteiger partial charge in [0.2, 0.25) is 0 Å². The van der Waals surface area contributed by atoms with Gasteiger partial charge in [-0.1, -0.05) is 12.1 Å². The lowest BCUT2D eigenvalue weighted by atomic mass is 10.1. The first-order chi connectivity index (χ1) is 10.1. The first-order valence-corrected chi connectivity index (χ1v) is 7.39. The molecule has 1 nitrogen and oxygen atoms in total. The summed E-state index contributed by atoms with van der Waals surface area (Å²) >= 11 is 2.22. The first kappa shape index (κ1) is 14.1. The maximum atomic E-state index is 13.0. The van der Waals surface area contributed by atoms with Crippen molar-refractivity contribution in [1.29, 1.82) is 0 Å². The highest BCUT2D eigenvalue weighted by molar-refractivity contribution is 14.1. The molecule has 104 valence electrons. The third-order valence-corrected chi connectivity index (χ3v) is 4.04. The summed E-state index contributed by atoms with van der Waals surface area (Å²) in [6.07, 6.45) is 1.76. The zero-order valence-corrected chi connectivity index (χ0v) is 13.0. The minimum Gasteiger partial charge on any atom is -0.256 e. The van der Waals surface area contributed by atoms with E-state index in [4.69, 9.17) is 0 Å². The van der Waals surface area contributed by atoms with Gasteiger partial charge in [0.15, 0.2) is 0 Å². The highest BCUT2D eigenvalue weighted by Gasteiger charge is 2.07. The summed E-state index contributed by atoms with van der Waals surface area (Å²) in [6, 6.07) is 14.5. The van der Waals surface area contributed by atoms with Crippen molar-refractivity contribution < 1.29 is 8.78 Å². The minimum absolute atomic E-state index is 0.260. The molecule has 21 heavy (non-hydrogen) atoms. The number of rotatable bonds is 2. The van der Waals surface area contributed by atoms with Gasteiger partial charge in [-0.15, -0.1) is 0 Å². The molecule has 0 N–H and O–H groups in total. The highest BCUT2D eigenvalue weighted by Crippen LogP contribution is 2.28. The van der Waals surface area contributed by atoms with Gasteiger partial charge in [-0.2, -0.15) is 0 Å². The van der Waals surface area contributed by atoms with Crippen LogP contribution in [0.15, 0.2) is 60.8 Å².